The van der Waals surface area contributed by atoms with Crippen molar-refractivity contribution in [2.75, 3.05) is 20.8 Å². The van der Waals surface area contributed by atoms with E-state index in [2.05, 4.69) is 36.4 Å². The Balaban J connectivity index is 3.30. The second kappa shape index (κ2) is 14.4. The van der Waals surface area contributed by atoms with E-state index in [4.69, 9.17) is 11.2 Å². The minimum absolute atomic E-state index is 0.139. The van der Waals surface area contributed by atoms with Crippen LogP contribution in [0, 0.1) is 29.6 Å². The van der Waals surface area contributed by atoms with Gasteiger partial charge in [-0.1, -0.05) is 50.7 Å². The maximum Gasteiger partial charge on any atom is 0.534 e. The summed E-state index contributed by atoms with van der Waals surface area (Å²) in [5, 5.41) is 0.401. The van der Waals surface area contributed by atoms with E-state index in [9.17, 15) is 31.2 Å². The number of carbonyl (C=O) groups excluding carboxylic acids is 2. The smallest absolute Gasteiger partial charge is 0.468 e. The predicted octanol–water partition coefficient (Wildman–Crippen LogP) is 3.29. The molecule has 216 valence electrons. The van der Waals surface area contributed by atoms with Crippen LogP contribution >= 0.6 is 0 Å². The van der Waals surface area contributed by atoms with E-state index < -0.39 is 53.4 Å². The number of rotatable bonds is 13. The zero-order chi connectivity index (χ0) is 29.9. The second-order valence-corrected chi connectivity index (χ2v) is 15.2. The molecule has 1 rings (SSSR count). The van der Waals surface area contributed by atoms with Crippen LogP contribution in [-0.2, 0) is 40.5 Å². The Hall–Kier alpha value is -3.07. The van der Waals surface area contributed by atoms with E-state index in [1.807, 2.05) is 20.8 Å². The van der Waals surface area contributed by atoms with E-state index >= 15 is 0 Å². The highest BCUT2D eigenvalue weighted by atomic mass is 32.2. The number of hydrogen-bond acceptors (Lipinski definition) is 9. The van der Waals surface area contributed by atoms with Crippen LogP contribution < -0.4 is 9.37 Å². The van der Waals surface area contributed by atoms with Crippen molar-refractivity contribution in [2.45, 2.75) is 63.9 Å². The minimum Gasteiger partial charge on any atom is -0.468 e. The number of alkyl halides is 3. The van der Waals surface area contributed by atoms with Crippen LogP contribution in [0.25, 0.3) is 0 Å². The molecule has 14 heteroatoms. The maximum atomic E-state index is 13.2. The molecule has 0 unspecified atom stereocenters. The summed E-state index contributed by atoms with van der Waals surface area (Å²) in [5.74, 6) is 5.09. The Morgan fingerprint density at radius 1 is 1.03 bits per heavy atom. The van der Waals surface area contributed by atoms with E-state index in [0.29, 0.717) is 23.3 Å². The average molecular weight is 592 g/mol. The Kier molecular flexibility index (Phi) is 12.5. The van der Waals surface area contributed by atoms with Gasteiger partial charge in [0.05, 0.1) is 28.9 Å². The lowest BCUT2D eigenvalue weighted by Gasteiger charge is -2.30. The number of ether oxygens (including phenoxy) is 3. The van der Waals surface area contributed by atoms with Crippen LogP contribution in [0.3, 0.4) is 0 Å². The number of esters is 2. The van der Waals surface area contributed by atoms with Gasteiger partial charge in [-0.15, -0.1) is 12.3 Å². The standard InChI is InChI=1S/C25H32F3NO8SSi/c1-7-14-24(22(30)34-5,23(31)35-6)15-11-12-17-36-18-19-21(37-38(32,33)25(26,27)28)20(13-16-29-19)39(8-2,9-3)10-4/h1,13,16H,8-10,14-15,17-18H2,2-6H3. The van der Waals surface area contributed by atoms with E-state index in [0.717, 1.165) is 14.2 Å². The molecule has 1 aromatic heterocycles. The molecule has 0 atom stereocenters. The SMILES string of the molecule is C#CCC(CC#CCOCc1nccc([Si](CC)(CC)CC)c1OS(=O)(=O)C(F)(F)F)(C(=O)OC)C(=O)OC. The zero-order valence-corrected chi connectivity index (χ0v) is 24.3. The number of aromatic nitrogens is 1. The first-order valence-electron chi connectivity index (χ1n) is 11.9. The van der Waals surface area contributed by atoms with Crippen molar-refractivity contribution in [3.8, 4) is 29.9 Å². The largest absolute Gasteiger partial charge is 0.534 e. The van der Waals surface area contributed by atoms with Gasteiger partial charge in [0, 0.05) is 19.0 Å². The highest BCUT2D eigenvalue weighted by molar-refractivity contribution is 7.88. The molecule has 0 spiro atoms. The third-order valence-electron chi connectivity index (χ3n) is 6.54. The van der Waals surface area contributed by atoms with Crippen molar-refractivity contribution in [1.29, 1.82) is 0 Å². The molecule has 9 nitrogen and oxygen atoms in total. The van der Waals surface area contributed by atoms with Gasteiger partial charge in [-0.2, -0.15) is 21.6 Å². The molecule has 0 aliphatic rings. The molecule has 39 heavy (non-hydrogen) atoms. The average Bonchev–Trinajstić information content (AvgIpc) is 2.90. The Bertz CT molecular complexity index is 1200. The van der Waals surface area contributed by atoms with Gasteiger partial charge in [-0.05, 0) is 11.3 Å². The lowest BCUT2D eigenvalue weighted by atomic mass is 9.81. The molecule has 0 aliphatic carbocycles. The molecule has 1 heterocycles. The van der Waals surface area contributed by atoms with Gasteiger partial charge in [0.15, 0.2) is 11.2 Å². The molecule has 0 aliphatic heterocycles. The summed E-state index contributed by atoms with van der Waals surface area (Å²) in [6.07, 6.45) is 6.01. The predicted molar refractivity (Wildman–Crippen MR) is 139 cm³/mol. The zero-order valence-electron chi connectivity index (χ0n) is 22.4. The van der Waals surface area contributed by atoms with Crippen molar-refractivity contribution in [2.24, 2.45) is 5.41 Å². The van der Waals surface area contributed by atoms with Crippen LogP contribution in [0.2, 0.25) is 18.1 Å². The summed E-state index contributed by atoms with van der Waals surface area (Å²) in [4.78, 5) is 28.6. The number of halogens is 3. The normalized spacial score (nSPS) is 12.1. The fourth-order valence-corrected chi connectivity index (χ4v) is 8.37. The van der Waals surface area contributed by atoms with Crippen molar-refractivity contribution in [3.05, 3.63) is 18.0 Å². The van der Waals surface area contributed by atoms with Crippen molar-refractivity contribution < 1.29 is 49.6 Å². The summed E-state index contributed by atoms with van der Waals surface area (Å²) in [6, 6.07) is 3.41. The number of pyridine rings is 1. The summed E-state index contributed by atoms with van der Waals surface area (Å²) >= 11 is 0. The van der Waals surface area contributed by atoms with Crippen LogP contribution in [-0.4, -0.2) is 59.7 Å². The van der Waals surface area contributed by atoms with Crippen molar-refractivity contribution in [3.63, 3.8) is 0 Å². The highest BCUT2D eigenvalue weighted by Crippen LogP contribution is 2.32. The topological polar surface area (TPSA) is 118 Å². The van der Waals surface area contributed by atoms with Gasteiger partial charge in [-0.3, -0.25) is 14.6 Å². The number of carbonyl (C=O) groups is 2. The van der Waals surface area contributed by atoms with E-state index in [1.165, 1.54) is 12.3 Å². The Labute approximate surface area is 227 Å². The fraction of sp³-hybridized carbons (Fsp3) is 0.560. The second-order valence-electron chi connectivity index (χ2n) is 8.43. The minimum atomic E-state index is -5.97. The number of terminal acetylenes is 1. The van der Waals surface area contributed by atoms with Crippen LogP contribution in [0.4, 0.5) is 13.2 Å². The van der Waals surface area contributed by atoms with Gasteiger partial charge < -0.3 is 18.4 Å². The first-order valence-corrected chi connectivity index (χ1v) is 15.9. The van der Waals surface area contributed by atoms with Gasteiger partial charge in [0.1, 0.15) is 12.3 Å². The number of nitrogens with zero attached hydrogens (tertiary/aromatic N) is 1. The lowest BCUT2D eigenvalue weighted by molar-refractivity contribution is -0.168. The molecular weight excluding hydrogens is 559 g/mol. The molecule has 0 N–H and O–H groups in total. The molecule has 1 aromatic rings. The van der Waals surface area contributed by atoms with Crippen molar-refractivity contribution in [1.82, 2.24) is 4.98 Å². The fourth-order valence-electron chi connectivity index (χ4n) is 4.05. The molecule has 0 fully saturated rings. The van der Waals surface area contributed by atoms with E-state index in [-0.39, 0.29) is 25.1 Å². The first kappa shape index (κ1) is 34.0. The van der Waals surface area contributed by atoms with Gasteiger partial charge in [-0.25, -0.2) is 0 Å². The highest BCUT2D eigenvalue weighted by Gasteiger charge is 2.50. The molecule has 0 bridgehead atoms. The third kappa shape index (κ3) is 7.74. The van der Waals surface area contributed by atoms with Gasteiger partial charge >= 0.3 is 27.6 Å². The Morgan fingerprint density at radius 3 is 2.05 bits per heavy atom. The van der Waals surface area contributed by atoms with Gasteiger partial charge in [0.25, 0.3) is 0 Å². The first-order chi connectivity index (χ1) is 18.3. The Morgan fingerprint density at radius 2 is 1.59 bits per heavy atom. The molecule has 0 saturated heterocycles. The summed E-state index contributed by atoms with van der Waals surface area (Å²) in [7, 11) is -6.23. The van der Waals surface area contributed by atoms with Crippen molar-refractivity contribution >= 4 is 35.3 Å². The van der Waals surface area contributed by atoms with Crippen LogP contribution in [0.5, 0.6) is 5.75 Å². The summed E-state index contributed by atoms with van der Waals surface area (Å²) < 4.78 is 82.9. The van der Waals surface area contributed by atoms with E-state index in [1.54, 1.807) is 0 Å². The molecule has 0 radical (unpaired) electrons. The summed E-state index contributed by atoms with van der Waals surface area (Å²) in [5.41, 5.74) is -7.62. The molecule has 0 amide bonds. The summed E-state index contributed by atoms with van der Waals surface area (Å²) in [6.45, 7) is 4.98. The molecule has 0 saturated carbocycles. The number of hydrogen-bond donors (Lipinski definition) is 0. The molecule has 0 aromatic carbocycles. The van der Waals surface area contributed by atoms with Crippen LogP contribution in [0.1, 0.15) is 39.3 Å². The number of methoxy groups -OCH3 is 2. The monoisotopic (exact) mass is 591 g/mol. The maximum absolute atomic E-state index is 13.2. The van der Waals surface area contributed by atoms with Crippen LogP contribution in [0.15, 0.2) is 12.3 Å². The quantitative estimate of drug-likeness (QED) is 0.0648. The lowest BCUT2D eigenvalue weighted by Crippen LogP contribution is -2.47. The molecular formula is C25H32F3NO8SSi. The van der Waals surface area contributed by atoms with Gasteiger partial charge in [0.2, 0.25) is 0 Å². The third-order valence-corrected chi connectivity index (χ3v) is 13.1.